The minimum atomic E-state index is -0.853. The third-order valence-electron chi connectivity index (χ3n) is 4.96. The Morgan fingerprint density at radius 1 is 1.00 bits per heavy atom. The van der Waals surface area contributed by atoms with E-state index in [1.165, 1.54) is 0 Å². The van der Waals surface area contributed by atoms with Gasteiger partial charge in [0.1, 0.15) is 18.4 Å². The highest BCUT2D eigenvalue weighted by Gasteiger charge is 2.20. The smallest absolute Gasteiger partial charge is 0.320 e. The lowest BCUT2D eigenvalue weighted by Crippen LogP contribution is -2.37. The molecule has 0 radical (unpaired) electrons. The minimum Gasteiger partial charge on any atom is -0.488 e. The molecular weight excluding hydrogens is 421 g/mol. The number of nitrogens with one attached hydrogen (secondary N) is 1. The normalized spacial score (nSPS) is 12.3. The maximum atomic E-state index is 11.7. The van der Waals surface area contributed by atoms with Crippen LogP contribution in [0.4, 0.5) is 0 Å². The molecule has 0 aliphatic heterocycles. The molecule has 158 valence electrons. The second-order valence-electron chi connectivity index (χ2n) is 7.65. The first-order valence-corrected chi connectivity index (χ1v) is 10.6. The predicted octanol–water partition coefficient (Wildman–Crippen LogP) is 6.31. The highest BCUT2D eigenvalue weighted by molar-refractivity contribution is 6.35. The predicted molar refractivity (Wildman–Crippen MR) is 122 cm³/mol. The van der Waals surface area contributed by atoms with Gasteiger partial charge in [-0.2, -0.15) is 0 Å². The molecule has 0 bridgehead atoms. The van der Waals surface area contributed by atoms with Gasteiger partial charge in [0.2, 0.25) is 0 Å². The van der Waals surface area contributed by atoms with Crippen LogP contribution < -0.4 is 10.1 Å². The Kier molecular flexibility index (Phi) is 7.59. The van der Waals surface area contributed by atoms with E-state index in [2.05, 4.69) is 5.32 Å². The van der Waals surface area contributed by atoms with Gasteiger partial charge in [-0.3, -0.25) is 4.79 Å². The number of hydrogen-bond donors (Lipinski definition) is 2. The first-order chi connectivity index (χ1) is 14.4. The van der Waals surface area contributed by atoms with Gasteiger partial charge >= 0.3 is 5.97 Å². The number of hydrogen-bond acceptors (Lipinski definition) is 3. The Hall–Kier alpha value is -2.27. The standard InChI is InChI=1S/C24H25Cl2NO3/c1-15(2)12-22(24(28)29)27-13-18-17-7-4-3-6-16(17)10-11-23(18)30-14-19-20(25)8-5-9-21(19)26/h3-11,15,22,27H,12-14H2,1-2H3,(H,28,29). The van der Waals surface area contributed by atoms with Crippen LogP contribution in [0.1, 0.15) is 31.4 Å². The zero-order chi connectivity index (χ0) is 21.7. The molecule has 2 N–H and O–H groups in total. The Morgan fingerprint density at radius 2 is 1.70 bits per heavy atom. The number of benzene rings is 3. The molecule has 6 heteroatoms. The van der Waals surface area contributed by atoms with Crippen LogP contribution in [-0.4, -0.2) is 17.1 Å². The summed E-state index contributed by atoms with van der Waals surface area (Å²) in [5.41, 5.74) is 1.63. The van der Waals surface area contributed by atoms with Crippen molar-refractivity contribution in [3.8, 4) is 5.75 Å². The van der Waals surface area contributed by atoms with Crippen molar-refractivity contribution in [3.05, 3.63) is 75.8 Å². The molecule has 3 aromatic carbocycles. The summed E-state index contributed by atoms with van der Waals surface area (Å²) in [4.78, 5) is 11.7. The molecule has 1 unspecified atom stereocenters. The third-order valence-corrected chi connectivity index (χ3v) is 5.67. The summed E-state index contributed by atoms with van der Waals surface area (Å²) in [6.45, 7) is 4.61. The molecule has 0 aliphatic carbocycles. The number of ether oxygens (including phenoxy) is 1. The average molecular weight is 446 g/mol. The van der Waals surface area contributed by atoms with Gasteiger partial charge in [-0.1, -0.05) is 73.4 Å². The summed E-state index contributed by atoms with van der Waals surface area (Å²) in [6, 6.07) is 16.6. The molecule has 3 aromatic rings. The second-order valence-corrected chi connectivity index (χ2v) is 8.47. The third kappa shape index (κ3) is 5.45. The lowest BCUT2D eigenvalue weighted by atomic mass is 10.0. The Bertz CT molecular complexity index is 1020. The monoisotopic (exact) mass is 445 g/mol. The van der Waals surface area contributed by atoms with Crippen LogP contribution in [0.25, 0.3) is 10.8 Å². The lowest BCUT2D eigenvalue weighted by molar-refractivity contribution is -0.140. The topological polar surface area (TPSA) is 58.6 Å². The Morgan fingerprint density at radius 3 is 2.37 bits per heavy atom. The average Bonchev–Trinajstić information content (AvgIpc) is 2.70. The zero-order valence-electron chi connectivity index (χ0n) is 17.0. The quantitative estimate of drug-likeness (QED) is 0.404. The lowest BCUT2D eigenvalue weighted by Gasteiger charge is -2.20. The van der Waals surface area contributed by atoms with Crippen LogP contribution in [0.5, 0.6) is 5.75 Å². The molecule has 1 atom stereocenters. The fourth-order valence-corrected chi connectivity index (χ4v) is 3.93. The molecule has 0 aromatic heterocycles. The number of carboxylic acid groups (broad SMARTS) is 1. The second kappa shape index (κ2) is 10.2. The van der Waals surface area contributed by atoms with Crippen LogP contribution in [0.15, 0.2) is 54.6 Å². The van der Waals surface area contributed by atoms with Gasteiger partial charge < -0.3 is 15.2 Å². The van der Waals surface area contributed by atoms with E-state index in [1.807, 2.05) is 50.2 Å². The number of aliphatic carboxylic acids is 1. The SMILES string of the molecule is CC(C)CC(NCc1c(OCc2c(Cl)cccc2Cl)ccc2ccccc12)C(=O)O. The van der Waals surface area contributed by atoms with Gasteiger partial charge in [0, 0.05) is 27.7 Å². The van der Waals surface area contributed by atoms with Gasteiger partial charge in [-0.15, -0.1) is 0 Å². The molecule has 0 amide bonds. The van der Waals surface area contributed by atoms with Crippen molar-refractivity contribution < 1.29 is 14.6 Å². The van der Waals surface area contributed by atoms with Crippen molar-refractivity contribution in [2.24, 2.45) is 5.92 Å². The van der Waals surface area contributed by atoms with Gasteiger partial charge in [-0.25, -0.2) is 0 Å². The minimum absolute atomic E-state index is 0.220. The van der Waals surface area contributed by atoms with Crippen LogP contribution in [-0.2, 0) is 17.9 Å². The molecule has 0 saturated heterocycles. The van der Waals surface area contributed by atoms with E-state index >= 15 is 0 Å². The summed E-state index contributed by atoms with van der Waals surface area (Å²) >= 11 is 12.5. The van der Waals surface area contributed by atoms with Crippen LogP contribution in [0, 0.1) is 5.92 Å². The van der Waals surface area contributed by atoms with Gasteiger partial charge in [-0.05, 0) is 41.3 Å². The van der Waals surface area contributed by atoms with E-state index in [0.717, 1.165) is 21.9 Å². The molecular formula is C24H25Cl2NO3. The van der Waals surface area contributed by atoms with E-state index in [-0.39, 0.29) is 12.5 Å². The number of halogens is 2. The number of carbonyl (C=O) groups is 1. The molecule has 3 rings (SSSR count). The summed E-state index contributed by atoms with van der Waals surface area (Å²) in [5, 5.41) is 15.9. The van der Waals surface area contributed by atoms with Gasteiger partial charge in [0.25, 0.3) is 0 Å². The van der Waals surface area contributed by atoms with Crippen molar-refractivity contribution in [1.82, 2.24) is 5.32 Å². The van der Waals surface area contributed by atoms with Crippen LogP contribution >= 0.6 is 23.2 Å². The summed E-state index contributed by atoms with van der Waals surface area (Å²) in [6.07, 6.45) is 0.547. The van der Waals surface area contributed by atoms with Crippen molar-refractivity contribution in [2.45, 2.75) is 39.5 Å². The van der Waals surface area contributed by atoms with Crippen LogP contribution in [0.3, 0.4) is 0 Å². The Labute approximate surface area is 186 Å². The van der Waals surface area contributed by atoms with Gasteiger partial charge in [0.15, 0.2) is 0 Å². The summed E-state index contributed by atoms with van der Waals surface area (Å²) in [5.74, 6) is 0.0873. The molecule has 0 spiro atoms. The van der Waals surface area contributed by atoms with E-state index in [4.69, 9.17) is 27.9 Å². The fraction of sp³-hybridized carbons (Fsp3) is 0.292. The van der Waals surface area contributed by atoms with E-state index < -0.39 is 12.0 Å². The molecule has 0 fully saturated rings. The van der Waals surface area contributed by atoms with E-state index in [1.54, 1.807) is 18.2 Å². The Balaban J connectivity index is 1.90. The highest BCUT2D eigenvalue weighted by Crippen LogP contribution is 2.31. The first kappa shape index (κ1) is 22.4. The van der Waals surface area contributed by atoms with Crippen molar-refractivity contribution in [1.29, 1.82) is 0 Å². The first-order valence-electron chi connectivity index (χ1n) is 9.89. The molecule has 4 nitrogen and oxygen atoms in total. The summed E-state index contributed by atoms with van der Waals surface area (Å²) in [7, 11) is 0. The van der Waals surface area contributed by atoms with Crippen molar-refractivity contribution >= 4 is 39.9 Å². The number of rotatable bonds is 9. The maximum Gasteiger partial charge on any atom is 0.320 e. The zero-order valence-corrected chi connectivity index (χ0v) is 18.5. The van der Waals surface area contributed by atoms with E-state index in [9.17, 15) is 9.90 Å². The molecule has 30 heavy (non-hydrogen) atoms. The maximum absolute atomic E-state index is 11.7. The molecule has 0 aliphatic rings. The molecule has 0 saturated carbocycles. The van der Waals surface area contributed by atoms with Crippen molar-refractivity contribution in [2.75, 3.05) is 0 Å². The number of fused-ring (bicyclic) bond motifs is 1. The fourth-order valence-electron chi connectivity index (χ4n) is 3.42. The van der Waals surface area contributed by atoms with Crippen molar-refractivity contribution in [3.63, 3.8) is 0 Å². The van der Waals surface area contributed by atoms with Gasteiger partial charge in [0.05, 0.1) is 0 Å². The molecule has 0 heterocycles. The van der Waals surface area contributed by atoms with Crippen LogP contribution in [0.2, 0.25) is 10.0 Å². The number of carboxylic acids is 1. The summed E-state index contributed by atoms with van der Waals surface area (Å²) < 4.78 is 6.11. The van der Waals surface area contributed by atoms with E-state index in [0.29, 0.717) is 28.8 Å². The largest absolute Gasteiger partial charge is 0.488 e. The highest BCUT2D eigenvalue weighted by atomic mass is 35.5.